The molecular formula is C28H29NO4. The van der Waals surface area contributed by atoms with Crippen molar-refractivity contribution in [3.63, 3.8) is 0 Å². The lowest BCUT2D eigenvalue weighted by atomic mass is 9.91. The van der Waals surface area contributed by atoms with Gasteiger partial charge in [0.25, 0.3) is 5.91 Å². The third-order valence-electron chi connectivity index (χ3n) is 6.17. The molecule has 4 rings (SSSR count). The van der Waals surface area contributed by atoms with Crippen LogP contribution in [0.2, 0.25) is 0 Å². The highest BCUT2D eigenvalue weighted by molar-refractivity contribution is 5.96. The number of benzene rings is 3. The average Bonchev–Trinajstić information content (AvgIpc) is 3.12. The number of rotatable bonds is 8. The van der Waals surface area contributed by atoms with Crippen LogP contribution in [0.25, 0.3) is 0 Å². The van der Waals surface area contributed by atoms with Gasteiger partial charge in [0.2, 0.25) is 0 Å². The van der Waals surface area contributed by atoms with E-state index in [1.54, 1.807) is 6.07 Å². The summed E-state index contributed by atoms with van der Waals surface area (Å²) in [6.45, 7) is 4.12. The van der Waals surface area contributed by atoms with Crippen molar-refractivity contribution in [2.24, 2.45) is 0 Å². The summed E-state index contributed by atoms with van der Waals surface area (Å²) in [6.07, 6.45) is 2.07. The Bertz CT molecular complexity index is 1160. The predicted molar refractivity (Wildman–Crippen MR) is 128 cm³/mol. The van der Waals surface area contributed by atoms with E-state index in [1.165, 1.54) is 10.5 Å². The highest BCUT2D eigenvalue weighted by Crippen LogP contribution is 2.37. The van der Waals surface area contributed by atoms with E-state index in [-0.39, 0.29) is 18.1 Å². The molecular weight excluding hydrogens is 414 g/mol. The van der Waals surface area contributed by atoms with Crippen molar-refractivity contribution in [2.45, 2.75) is 38.7 Å². The monoisotopic (exact) mass is 443 g/mol. The average molecular weight is 444 g/mol. The summed E-state index contributed by atoms with van der Waals surface area (Å²) in [4.78, 5) is 26.1. The Kier molecular flexibility index (Phi) is 6.50. The Balaban J connectivity index is 1.49. The van der Waals surface area contributed by atoms with E-state index < -0.39 is 5.97 Å². The molecule has 1 amide bonds. The standard InChI is InChI=1S/C28H29NO4/c1-20-8-6-7-11-22(20)14-15-29(19-26(30)31)27(32)23-12-13-25-24(16-23)18-28(2,33-25)17-21-9-4-3-5-10-21/h3-13,16H,14-15,17-19H2,1-2H3,(H,30,31)/t28-/m1/s1. The number of aliphatic carboxylic acids is 1. The third kappa shape index (κ3) is 5.43. The molecule has 0 radical (unpaired) electrons. The lowest BCUT2D eigenvalue weighted by Gasteiger charge is -2.24. The summed E-state index contributed by atoms with van der Waals surface area (Å²) in [6, 6.07) is 23.6. The number of carbonyl (C=O) groups excluding carboxylic acids is 1. The molecule has 1 aliphatic rings. The smallest absolute Gasteiger partial charge is 0.323 e. The highest BCUT2D eigenvalue weighted by atomic mass is 16.5. The molecule has 1 N–H and O–H groups in total. The Labute approximate surface area is 194 Å². The SMILES string of the molecule is Cc1ccccc1CCN(CC(=O)O)C(=O)c1ccc2c(c1)C[C@@](C)(Cc1ccccc1)O2. The van der Waals surface area contributed by atoms with Gasteiger partial charge in [-0.15, -0.1) is 0 Å². The summed E-state index contributed by atoms with van der Waals surface area (Å²) < 4.78 is 6.26. The van der Waals surface area contributed by atoms with Crippen molar-refractivity contribution < 1.29 is 19.4 Å². The highest BCUT2D eigenvalue weighted by Gasteiger charge is 2.35. The number of nitrogens with zero attached hydrogens (tertiary/aromatic N) is 1. The molecule has 0 aliphatic carbocycles. The second-order valence-corrected chi connectivity index (χ2v) is 9.01. The van der Waals surface area contributed by atoms with Gasteiger partial charge in [0.1, 0.15) is 17.9 Å². The van der Waals surface area contributed by atoms with Gasteiger partial charge >= 0.3 is 5.97 Å². The van der Waals surface area contributed by atoms with Crippen LogP contribution in [0.15, 0.2) is 72.8 Å². The number of carbonyl (C=O) groups is 2. The van der Waals surface area contributed by atoms with Crippen LogP contribution in [-0.2, 0) is 24.1 Å². The summed E-state index contributed by atoms with van der Waals surface area (Å²) in [5.74, 6) is -0.506. The maximum absolute atomic E-state index is 13.3. The van der Waals surface area contributed by atoms with Crippen molar-refractivity contribution in [1.82, 2.24) is 4.90 Å². The molecule has 170 valence electrons. The van der Waals surface area contributed by atoms with E-state index in [2.05, 4.69) is 19.1 Å². The first-order valence-electron chi connectivity index (χ1n) is 11.2. The van der Waals surface area contributed by atoms with Crippen molar-refractivity contribution >= 4 is 11.9 Å². The fraction of sp³-hybridized carbons (Fsp3) is 0.286. The normalized spacial score (nSPS) is 16.7. The number of carboxylic acid groups (broad SMARTS) is 1. The number of hydrogen-bond donors (Lipinski definition) is 1. The van der Waals surface area contributed by atoms with Crippen LogP contribution in [0.4, 0.5) is 0 Å². The van der Waals surface area contributed by atoms with Crippen molar-refractivity contribution in [3.8, 4) is 5.75 Å². The Morgan fingerprint density at radius 3 is 2.48 bits per heavy atom. The summed E-state index contributed by atoms with van der Waals surface area (Å²) >= 11 is 0. The molecule has 3 aromatic carbocycles. The number of amides is 1. The minimum absolute atomic E-state index is 0.273. The van der Waals surface area contributed by atoms with E-state index in [9.17, 15) is 14.7 Å². The van der Waals surface area contributed by atoms with E-state index >= 15 is 0 Å². The quantitative estimate of drug-likeness (QED) is 0.548. The van der Waals surface area contributed by atoms with Gasteiger partial charge in [0, 0.05) is 24.9 Å². The van der Waals surface area contributed by atoms with Crippen LogP contribution in [0.3, 0.4) is 0 Å². The summed E-state index contributed by atoms with van der Waals surface area (Å²) in [7, 11) is 0. The zero-order valence-electron chi connectivity index (χ0n) is 19.1. The van der Waals surface area contributed by atoms with E-state index in [4.69, 9.17) is 4.74 Å². The number of aryl methyl sites for hydroxylation is 1. The lowest BCUT2D eigenvalue weighted by Crippen LogP contribution is -2.37. The molecule has 5 nitrogen and oxygen atoms in total. The van der Waals surface area contributed by atoms with Gasteiger partial charge in [-0.25, -0.2) is 0 Å². The molecule has 1 atom stereocenters. The fourth-order valence-corrected chi connectivity index (χ4v) is 4.53. The molecule has 1 aliphatic heterocycles. The number of hydrogen-bond acceptors (Lipinski definition) is 3. The third-order valence-corrected chi connectivity index (χ3v) is 6.17. The first-order chi connectivity index (χ1) is 15.8. The van der Waals surface area contributed by atoms with Gasteiger partial charge in [-0.05, 0) is 60.7 Å². The van der Waals surface area contributed by atoms with E-state index in [0.717, 1.165) is 28.9 Å². The molecule has 0 aromatic heterocycles. The Morgan fingerprint density at radius 1 is 1.03 bits per heavy atom. The molecule has 3 aromatic rings. The van der Waals surface area contributed by atoms with Crippen molar-refractivity contribution in [1.29, 1.82) is 0 Å². The largest absolute Gasteiger partial charge is 0.487 e. The predicted octanol–water partition coefficient (Wildman–Crippen LogP) is 4.70. The van der Waals surface area contributed by atoms with Crippen LogP contribution in [0.1, 0.15) is 39.5 Å². The van der Waals surface area contributed by atoms with Gasteiger partial charge in [-0.3, -0.25) is 9.59 Å². The van der Waals surface area contributed by atoms with Crippen molar-refractivity contribution in [3.05, 3.63) is 101 Å². The molecule has 0 bridgehead atoms. The topological polar surface area (TPSA) is 66.8 Å². The molecule has 0 spiro atoms. The van der Waals surface area contributed by atoms with Gasteiger partial charge in [-0.1, -0.05) is 54.6 Å². The number of fused-ring (bicyclic) bond motifs is 1. The fourth-order valence-electron chi connectivity index (χ4n) is 4.53. The molecule has 0 fully saturated rings. The van der Waals surface area contributed by atoms with Gasteiger partial charge in [0.05, 0.1) is 0 Å². The number of ether oxygens (including phenoxy) is 1. The maximum Gasteiger partial charge on any atom is 0.323 e. The summed E-state index contributed by atoms with van der Waals surface area (Å²) in [5, 5.41) is 9.38. The minimum atomic E-state index is -1.02. The van der Waals surface area contributed by atoms with Gasteiger partial charge in [0.15, 0.2) is 0 Å². The van der Waals surface area contributed by atoms with Crippen LogP contribution in [0.5, 0.6) is 5.75 Å². The van der Waals surface area contributed by atoms with E-state index in [0.29, 0.717) is 24.9 Å². The number of carboxylic acids is 1. The molecule has 0 unspecified atom stereocenters. The van der Waals surface area contributed by atoms with Crippen LogP contribution >= 0.6 is 0 Å². The van der Waals surface area contributed by atoms with E-state index in [1.807, 2.05) is 61.5 Å². The first kappa shape index (κ1) is 22.6. The molecule has 5 heteroatoms. The Morgan fingerprint density at radius 2 is 1.76 bits per heavy atom. The van der Waals surface area contributed by atoms with Gasteiger partial charge < -0.3 is 14.7 Å². The molecule has 33 heavy (non-hydrogen) atoms. The second kappa shape index (κ2) is 9.49. The Hall–Kier alpha value is -3.60. The van der Waals surface area contributed by atoms with Gasteiger partial charge in [-0.2, -0.15) is 0 Å². The molecule has 0 saturated carbocycles. The van der Waals surface area contributed by atoms with Crippen molar-refractivity contribution in [2.75, 3.05) is 13.1 Å². The van der Waals surface area contributed by atoms with Crippen LogP contribution in [0, 0.1) is 6.92 Å². The molecule has 0 saturated heterocycles. The van der Waals surface area contributed by atoms with Crippen LogP contribution < -0.4 is 4.74 Å². The molecule has 1 heterocycles. The maximum atomic E-state index is 13.3. The summed E-state index contributed by atoms with van der Waals surface area (Å²) in [5.41, 5.74) is 4.54. The zero-order valence-corrected chi connectivity index (χ0v) is 19.1. The second-order valence-electron chi connectivity index (χ2n) is 9.01. The first-order valence-corrected chi connectivity index (χ1v) is 11.2. The lowest BCUT2D eigenvalue weighted by molar-refractivity contribution is -0.137. The zero-order chi connectivity index (χ0) is 23.4. The minimum Gasteiger partial charge on any atom is -0.487 e. The van der Waals surface area contributed by atoms with Crippen LogP contribution in [-0.4, -0.2) is 40.6 Å².